The van der Waals surface area contributed by atoms with Gasteiger partial charge in [0, 0.05) is 54.1 Å². The van der Waals surface area contributed by atoms with E-state index in [0.29, 0.717) is 0 Å². The Labute approximate surface area is 166 Å². The fraction of sp³-hybridized carbons (Fsp3) is 0.333. The van der Waals surface area contributed by atoms with E-state index in [4.69, 9.17) is 4.98 Å². The first kappa shape index (κ1) is 17.1. The van der Waals surface area contributed by atoms with Crippen molar-refractivity contribution in [3.63, 3.8) is 0 Å². The number of aromatic nitrogens is 2. The molecule has 1 N–H and O–H groups in total. The van der Waals surface area contributed by atoms with Crippen LogP contribution in [0.15, 0.2) is 47.2 Å². The second-order valence-corrected chi connectivity index (χ2v) is 8.22. The maximum Gasteiger partial charge on any atom is 0.159 e. The molecule has 5 rings (SSSR count). The molecule has 2 aliphatic rings. The summed E-state index contributed by atoms with van der Waals surface area (Å²) in [7, 11) is 0. The van der Waals surface area contributed by atoms with E-state index in [9.17, 15) is 5.11 Å². The lowest BCUT2D eigenvalue weighted by Crippen LogP contribution is -2.21. The number of aliphatic hydroxyl groups is 1. The Morgan fingerprint density at radius 1 is 1.19 bits per heavy atom. The largest absolute Gasteiger partial charge is 0.392 e. The van der Waals surface area contributed by atoms with Gasteiger partial charge in [0.05, 0.1) is 6.10 Å². The van der Waals surface area contributed by atoms with Crippen LogP contribution in [0.2, 0.25) is 0 Å². The summed E-state index contributed by atoms with van der Waals surface area (Å²) < 4.78 is 1.16. The highest BCUT2D eigenvalue weighted by Crippen LogP contribution is 2.39. The Bertz CT molecular complexity index is 1010. The summed E-state index contributed by atoms with van der Waals surface area (Å²) in [4.78, 5) is 14.0. The van der Waals surface area contributed by atoms with E-state index in [2.05, 4.69) is 55.0 Å². The Hall–Kier alpha value is -2.02. The number of pyridine rings is 2. The first-order chi connectivity index (χ1) is 13.2. The highest BCUT2D eigenvalue weighted by molar-refractivity contribution is 9.10. The van der Waals surface area contributed by atoms with Crippen molar-refractivity contribution < 1.29 is 5.11 Å². The van der Waals surface area contributed by atoms with Crippen LogP contribution in [0.1, 0.15) is 17.5 Å². The number of rotatable bonds is 3. The van der Waals surface area contributed by atoms with Crippen LogP contribution in [-0.4, -0.2) is 45.7 Å². The number of hydrogen-bond donors (Lipinski definition) is 1. The van der Waals surface area contributed by atoms with Crippen LogP contribution in [0.4, 0.5) is 11.5 Å². The minimum absolute atomic E-state index is 0.191. The highest BCUT2D eigenvalue weighted by atomic mass is 79.9. The fourth-order valence-electron chi connectivity index (χ4n) is 4.20. The van der Waals surface area contributed by atoms with E-state index in [1.165, 1.54) is 16.8 Å². The van der Waals surface area contributed by atoms with Gasteiger partial charge in [-0.25, -0.2) is 4.98 Å². The number of nitrogens with zero attached hydrogens (tertiary/aromatic N) is 4. The van der Waals surface area contributed by atoms with E-state index < -0.39 is 0 Å². The molecule has 1 aromatic carbocycles. The van der Waals surface area contributed by atoms with Crippen LogP contribution in [-0.2, 0) is 13.0 Å². The van der Waals surface area contributed by atoms with Crippen LogP contribution >= 0.6 is 15.9 Å². The molecule has 0 bridgehead atoms. The lowest BCUT2D eigenvalue weighted by Gasteiger charge is -2.20. The minimum atomic E-state index is -0.191. The molecule has 5 nitrogen and oxygen atoms in total. The molecule has 0 amide bonds. The van der Waals surface area contributed by atoms with Gasteiger partial charge in [0.1, 0.15) is 5.52 Å². The maximum absolute atomic E-state index is 9.73. The zero-order valence-electron chi connectivity index (χ0n) is 15.0. The third kappa shape index (κ3) is 3.12. The molecule has 3 aromatic rings. The molecule has 6 heteroatoms. The van der Waals surface area contributed by atoms with Gasteiger partial charge in [0.25, 0.3) is 0 Å². The fourth-order valence-corrected chi connectivity index (χ4v) is 4.75. The summed E-state index contributed by atoms with van der Waals surface area (Å²) in [6, 6.07) is 10.6. The molecule has 1 atom stereocenters. The number of fused-ring (bicyclic) bond motifs is 2. The number of benzene rings is 1. The van der Waals surface area contributed by atoms with Gasteiger partial charge < -0.3 is 10.0 Å². The van der Waals surface area contributed by atoms with Crippen molar-refractivity contribution >= 4 is 38.3 Å². The molecule has 0 radical (unpaired) electrons. The second-order valence-electron chi connectivity index (χ2n) is 7.37. The second kappa shape index (κ2) is 6.86. The van der Waals surface area contributed by atoms with Crippen molar-refractivity contribution in [1.29, 1.82) is 0 Å². The van der Waals surface area contributed by atoms with E-state index in [1.807, 2.05) is 18.5 Å². The standard InChI is InChI=1S/C21H21BrN4O/c22-18-2-1-3-19-17(18)6-9-26(19)21-20-15(4-7-23-21)10-14(11-24-20)12-25-8-5-16(27)13-25/h1-4,7,10-11,16,27H,5-6,8-9,12-13H2/t16-/m1/s1. The van der Waals surface area contributed by atoms with E-state index in [0.717, 1.165) is 60.2 Å². The van der Waals surface area contributed by atoms with Gasteiger partial charge in [0.2, 0.25) is 0 Å². The number of hydrogen-bond acceptors (Lipinski definition) is 5. The van der Waals surface area contributed by atoms with Gasteiger partial charge in [-0.1, -0.05) is 22.0 Å². The maximum atomic E-state index is 9.73. The van der Waals surface area contributed by atoms with Gasteiger partial charge in [0.15, 0.2) is 5.82 Å². The summed E-state index contributed by atoms with van der Waals surface area (Å²) in [5.74, 6) is 0.924. The van der Waals surface area contributed by atoms with Crippen LogP contribution in [0.25, 0.3) is 10.9 Å². The van der Waals surface area contributed by atoms with Crippen molar-refractivity contribution in [2.75, 3.05) is 24.5 Å². The Morgan fingerprint density at radius 3 is 2.96 bits per heavy atom. The molecule has 0 saturated carbocycles. The molecule has 2 aliphatic heterocycles. The number of β-amino-alcohol motifs (C(OH)–C–C–N with tert-alkyl or cyclic N) is 1. The molecule has 0 unspecified atom stereocenters. The molecule has 1 fully saturated rings. The molecule has 27 heavy (non-hydrogen) atoms. The zero-order valence-corrected chi connectivity index (χ0v) is 16.6. The normalized spacial score (nSPS) is 19.8. The smallest absolute Gasteiger partial charge is 0.159 e. The average Bonchev–Trinajstić information content (AvgIpc) is 3.28. The third-order valence-electron chi connectivity index (χ3n) is 5.52. The molecular formula is C21H21BrN4O. The summed E-state index contributed by atoms with van der Waals surface area (Å²) in [6.07, 6.45) is 5.50. The average molecular weight is 425 g/mol. The number of likely N-dealkylation sites (tertiary alicyclic amines) is 1. The van der Waals surface area contributed by atoms with Crippen molar-refractivity contribution in [2.24, 2.45) is 0 Å². The molecule has 2 aromatic heterocycles. The minimum Gasteiger partial charge on any atom is -0.392 e. The van der Waals surface area contributed by atoms with Gasteiger partial charge in [-0.05, 0) is 48.2 Å². The summed E-state index contributed by atoms with van der Waals surface area (Å²) in [6.45, 7) is 3.44. The predicted octanol–water partition coefficient (Wildman–Crippen LogP) is 3.65. The van der Waals surface area contributed by atoms with Gasteiger partial charge in [-0.2, -0.15) is 0 Å². The monoisotopic (exact) mass is 424 g/mol. The molecule has 4 heterocycles. The molecule has 138 valence electrons. The SMILES string of the molecule is O[C@@H]1CCN(Cc2cnc3c(N4CCc5c(Br)cccc54)nccc3c2)C1. The molecule has 0 aliphatic carbocycles. The topological polar surface area (TPSA) is 52.5 Å². The number of anilines is 2. The highest BCUT2D eigenvalue weighted by Gasteiger charge is 2.25. The predicted molar refractivity (Wildman–Crippen MR) is 110 cm³/mol. The molecular weight excluding hydrogens is 404 g/mol. The van der Waals surface area contributed by atoms with Gasteiger partial charge in [-0.15, -0.1) is 0 Å². The van der Waals surface area contributed by atoms with Gasteiger partial charge >= 0.3 is 0 Å². The van der Waals surface area contributed by atoms with Crippen LogP contribution < -0.4 is 4.90 Å². The number of halogens is 1. The molecule has 0 spiro atoms. The van der Waals surface area contributed by atoms with E-state index in [-0.39, 0.29) is 6.10 Å². The van der Waals surface area contributed by atoms with Crippen LogP contribution in [0, 0.1) is 0 Å². The quantitative estimate of drug-likeness (QED) is 0.695. The Morgan fingerprint density at radius 2 is 2.11 bits per heavy atom. The zero-order chi connectivity index (χ0) is 18.4. The lowest BCUT2D eigenvalue weighted by atomic mass is 10.1. The first-order valence-corrected chi connectivity index (χ1v) is 10.2. The summed E-state index contributed by atoms with van der Waals surface area (Å²) in [5, 5.41) is 10.8. The van der Waals surface area contributed by atoms with E-state index in [1.54, 1.807) is 0 Å². The summed E-state index contributed by atoms with van der Waals surface area (Å²) >= 11 is 3.67. The number of aliphatic hydroxyl groups excluding tert-OH is 1. The van der Waals surface area contributed by atoms with Crippen molar-refractivity contribution in [1.82, 2.24) is 14.9 Å². The lowest BCUT2D eigenvalue weighted by molar-refractivity contribution is 0.175. The van der Waals surface area contributed by atoms with Crippen molar-refractivity contribution in [3.8, 4) is 0 Å². The van der Waals surface area contributed by atoms with Crippen molar-refractivity contribution in [2.45, 2.75) is 25.5 Å². The Kier molecular flexibility index (Phi) is 4.34. The van der Waals surface area contributed by atoms with E-state index >= 15 is 0 Å². The van der Waals surface area contributed by atoms with Crippen molar-refractivity contribution in [3.05, 3.63) is 58.3 Å². The molecule has 1 saturated heterocycles. The third-order valence-corrected chi connectivity index (χ3v) is 6.26. The Balaban J connectivity index is 1.49. The van der Waals surface area contributed by atoms with Gasteiger partial charge in [-0.3, -0.25) is 9.88 Å². The first-order valence-electron chi connectivity index (χ1n) is 9.38. The summed E-state index contributed by atoms with van der Waals surface area (Å²) in [5.41, 5.74) is 4.66. The van der Waals surface area contributed by atoms with Crippen LogP contribution in [0.5, 0.6) is 0 Å². The van der Waals surface area contributed by atoms with Crippen LogP contribution in [0.3, 0.4) is 0 Å².